The molecule has 0 unspecified atom stereocenters. The lowest BCUT2D eigenvalue weighted by atomic mass is 10.2. The smallest absolute Gasteiger partial charge is 0.142 e. The average molecular weight is 308 g/mol. The van der Waals surface area contributed by atoms with Gasteiger partial charge in [0.05, 0.1) is 5.69 Å². The Kier molecular flexibility index (Phi) is 4.61. The Bertz CT molecular complexity index is 751. The maximum Gasteiger partial charge on any atom is 0.142 e. The zero-order chi connectivity index (χ0) is 15.2. The number of nitrogens with zero attached hydrogens (tertiary/aromatic N) is 2. The molecule has 3 rings (SSSR count). The van der Waals surface area contributed by atoms with Crippen LogP contribution >= 0.6 is 11.3 Å². The van der Waals surface area contributed by atoms with Crippen LogP contribution in [0.4, 0.5) is 0 Å². The molecule has 1 aromatic heterocycles. The van der Waals surface area contributed by atoms with Gasteiger partial charge in [0.15, 0.2) is 0 Å². The third-order valence-electron chi connectivity index (χ3n) is 3.17. The van der Waals surface area contributed by atoms with E-state index < -0.39 is 0 Å². The number of hydrogen-bond donors (Lipinski definition) is 0. The summed E-state index contributed by atoms with van der Waals surface area (Å²) in [5.74, 6) is 0. The maximum atomic E-state index is 5.40. The van der Waals surface area contributed by atoms with Crippen LogP contribution in [0.2, 0.25) is 0 Å². The van der Waals surface area contributed by atoms with Gasteiger partial charge in [0.1, 0.15) is 17.3 Å². The highest BCUT2D eigenvalue weighted by Gasteiger charge is 2.07. The molecule has 0 spiro atoms. The molecule has 3 aromatic rings. The van der Waals surface area contributed by atoms with E-state index in [-0.39, 0.29) is 0 Å². The van der Waals surface area contributed by atoms with E-state index in [2.05, 4.69) is 22.3 Å². The Morgan fingerprint density at radius 3 is 2.45 bits per heavy atom. The van der Waals surface area contributed by atoms with E-state index in [9.17, 15) is 0 Å². The number of benzene rings is 2. The van der Waals surface area contributed by atoms with Crippen LogP contribution in [0.25, 0.3) is 10.6 Å². The number of hydrogen-bond acceptors (Lipinski definition) is 4. The van der Waals surface area contributed by atoms with Gasteiger partial charge in [-0.25, -0.2) is 4.98 Å². The normalized spacial score (nSPS) is 11.4. The Morgan fingerprint density at radius 2 is 1.73 bits per heavy atom. The van der Waals surface area contributed by atoms with Crippen molar-refractivity contribution in [2.75, 3.05) is 0 Å². The van der Waals surface area contributed by atoms with E-state index >= 15 is 0 Å². The first-order chi connectivity index (χ1) is 10.8. The van der Waals surface area contributed by atoms with Gasteiger partial charge in [-0.2, -0.15) is 0 Å². The van der Waals surface area contributed by atoms with Gasteiger partial charge in [-0.3, -0.25) is 0 Å². The number of aromatic nitrogens is 1. The third kappa shape index (κ3) is 3.59. The fourth-order valence-electron chi connectivity index (χ4n) is 1.98. The van der Waals surface area contributed by atoms with Gasteiger partial charge >= 0.3 is 0 Å². The summed E-state index contributed by atoms with van der Waals surface area (Å²) in [7, 11) is 0. The highest BCUT2D eigenvalue weighted by molar-refractivity contribution is 7.13. The predicted molar refractivity (Wildman–Crippen MR) is 91.0 cm³/mol. The minimum atomic E-state index is 0.466. The summed E-state index contributed by atoms with van der Waals surface area (Å²) < 4.78 is 0. The van der Waals surface area contributed by atoms with E-state index in [1.807, 2.05) is 60.8 Å². The molecule has 0 N–H and O–H groups in total. The summed E-state index contributed by atoms with van der Waals surface area (Å²) in [5, 5.41) is 7.16. The van der Waals surface area contributed by atoms with Crippen molar-refractivity contribution in [3.63, 3.8) is 0 Å². The summed E-state index contributed by atoms with van der Waals surface area (Å²) in [5.41, 5.74) is 3.87. The fraction of sp³-hybridized carbons (Fsp3) is 0.111. The van der Waals surface area contributed by atoms with Gasteiger partial charge < -0.3 is 4.84 Å². The zero-order valence-electron chi connectivity index (χ0n) is 12.3. The van der Waals surface area contributed by atoms with Crippen molar-refractivity contribution >= 4 is 17.0 Å². The molecule has 2 aromatic carbocycles. The Hall–Kier alpha value is -2.46. The molecule has 22 heavy (non-hydrogen) atoms. The highest BCUT2D eigenvalue weighted by atomic mass is 32.1. The first-order valence-electron chi connectivity index (χ1n) is 7.05. The maximum absolute atomic E-state index is 5.40. The second-order valence-corrected chi connectivity index (χ2v) is 5.70. The molecule has 0 amide bonds. The average Bonchev–Trinajstić information content (AvgIpc) is 3.07. The molecule has 0 saturated heterocycles. The van der Waals surface area contributed by atoms with Gasteiger partial charge in [0.25, 0.3) is 0 Å². The summed E-state index contributed by atoms with van der Waals surface area (Å²) in [6, 6.07) is 20.1. The summed E-state index contributed by atoms with van der Waals surface area (Å²) in [6.07, 6.45) is 0. The van der Waals surface area contributed by atoms with E-state index in [1.165, 1.54) is 0 Å². The quantitative estimate of drug-likeness (QED) is 0.503. The third-order valence-corrected chi connectivity index (χ3v) is 4.06. The largest absolute Gasteiger partial charge is 0.391 e. The van der Waals surface area contributed by atoms with Gasteiger partial charge in [-0.1, -0.05) is 65.8 Å². The molecule has 3 nitrogen and oxygen atoms in total. The van der Waals surface area contributed by atoms with Crippen molar-refractivity contribution < 1.29 is 4.84 Å². The van der Waals surface area contributed by atoms with Crippen LogP contribution in [0.5, 0.6) is 0 Å². The van der Waals surface area contributed by atoms with Crippen LogP contribution in [0.3, 0.4) is 0 Å². The predicted octanol–water partition coefficient (Wildman–Crippen LogP) is 4.75. The molecule has 0 aliphatic heterocycles. The molecule has 0 aliphatic carbocycles. The minimum Gasteiger partial charge on any atom is -0.391 e. The second-order valence-electron chi connectivity index (χ2n) is 4.84. The van der Waals surface area contributed by atoms with E-state index in [4.69, 9.17) is 4.84 Å². The topological polar surface area (TPSA) is 34.5 Å². The highest BCUT2D eigenvalue weighted by Crippen LogP contribution is 2.23. The second kappa shape index (κ2) is 7.00. The van der Waals surface area contributed by atoms with Gasteiger partial charge in [0, 0.05) is 10.9 Å². The standard InChI is InChI=1S/C18H16N2OS/c1-14(20-21-12-15-8-4-2-5-9-15)17-13-22-18(19-17)16-10-6-3-7-11-16/h2-11,13H,12H2,1H3/b20-14+. The SMILES string of the molecule is C/C(=N\OCc1ccccc1)c1csc(-c2ccccc2)n1. The van der Waals surface area contributed by atoms with E-state index in [0.29, 0.717) is 6.61 Å². The lowest BCUT2D eigenvalue weighted by Gasteiger charge is -2.00. The molecule has 0 saturated carbocycles. The molecule has 0 aliphatic rings. The monoisotopic (exact) mass is 308 g/mol. The molecule has 0 fully saturated rings. The molecule has 110 valence electrons. The molecule has 1 heterocycles. The van der Waals surface area contributed by atoms with Crippen LogP contribution in [0, 0.1) is 0 Å². The molecule has 0 bridgehead atoms. The Labute approximate surface area is 133 Å². The van der Waals surface area contributed by atoms with Crippen LogP contribution in [0.1, 0.15) is 18.2 Å². The molecular weight excluding hydrogens is 292 g/mol. The van der Waals surface area contributed by atoms with Crippen LogP contribution in [-0.4, -0.2) is 10.7 Å². The lowest BCUT2D eigenvalue weighted by Crippen LogP contribution is -1.97. The van der Waals surface area contributed by atoms with Crippen LogP contribution in [-0.2, 0) is 11.4 Å². The van der Waals surface area contributed by atoms with Crippen molar-refractivity contribution in [2.24, 2.45) is 5.16 Å². The Balaban J connectivity index is 1.66. The zero-order valence-corrected chi connectivity index (χ0v) is 13.1. The van der Waals surface area contributed by atoms with Crippen molar-refractivity contribution in [1.82, 2.24) is 4.98 Å². The van der Waals surface area contributed by atoms with E-state index in [1.54, 1.807) is 11.3 Å². The molecule has 0 radical (unpaired) electrons. The molecular formula is C18H16N2OS. The van der Waals surface area contributed by atoms with Gasteiger partial charge in [0.2, 0.25) is 0 Å². The number of thiazole rings is 1. The molecule has 4 heteroatoms. The van der Waals surface area contributed by atoms with Crippen molar-refractivity contribution in [1.29, 1.82) is 0 Å². The lowest BCUT2D eigenvalue weighted by molar-refractivity contribution is 0.130. The first kappa shape index (κ1) is 14.5. The fourth-order valence-corrected chi connectivity index (χ4v) is 2.85. The minimum absolute atomic E-state index is 0.466. The summed E-state index contributed by atoms with van der Waals surface area (Å²) in [6.45, 7) is 2.38. The van der Waals surface area contributed by atoms with E-state index in [0.717, 1.165) is 27.5 Å². The van der Waals surface area contributed by atoms with Gasteiger partial charge in [-0.05, 0) is 12.5 Å². The Morgan fingerprint density at radius 1 is 1.05 bits per heavy atom. The number of rotatable bonds is 5. The van der Waals surface area contributed by atoms with Gasteiger partial charge in [-0.15, -0.1) is 11.3 Å². The van der Waals surface area contributed by atoms with Crippen molar-refractivity contribution in [2.45, 2.75) is 13.5 Å². The summed E-state index contributed by atoms with van der Waals surface area (Å²) >= 11 is 1.61. The van der Waals surface area contributed by atoms with Crippen molar-refractivity contribution in [3.05, 3.63) is 77.3 Å². The van der Waals surface area contributed by atoms with Crippen LogP contribution in [0.15, 0.2) is 71.2 Å². The summed E-state index contributed by atoms with van der Waals surface area (Å²) in [4.78, 5) is 10.0. The first-order valence-corrected chi connectivity index (χ1v) is 7.93. The number of oxime groups is 1. The van der Waals surface area contributed by atoms with Crippen LogP contribution < -0.4 is 0 Å². The molecule has 0 atom stereocenters. The van der Waals surface area contributed by atoms with Crippen molar-refractivity contribution in [3.8, 4) is 10.6 Å².